The molecule has 2 rings (SSSR count). The Kier molecular flexibility index (Phi) is 5.64. The van der Waals surface area contributed by atoms with Gasteiger partial charge in [-0.05, 0) is 38.5 Å². The summed E-state index contributed by atoms with van der Waals surface area (Å²) < 4.78 is 5.20. The Hall–Kier alpha value is -0.830. The van der Waals surface area contributed by atoms with Crippen LogP contribution in [0.1, 0.15) is 71.1 Å². The number of esters is 1. The first-order valence-corrected chi connectivity index (χ1v) is 8.27. The van der Waals surface area contributed by atoms with Crippen LogP contribution < -0.4 is 0 Å². The number of allylic oxidation sites excluding steroid dienone is 1. The SMILES string of the molecule is CCOC(=O)/C(=C\C1CCCCC1)C1(O)CCCCC1. The molecule has 114 valence electrons. The van der Waals surface area contributed by atoms with E-state index in [0.717, 1.165) is 32.1 Å². The highest BCUT2D eigenvalue weighted by atomic mass is 16.5. The minimum absolute atomic E-state index is 0.303. The zero-order chi connectivity index (χ0) is 14.4. The van der Waals surface area contributed by atoms with E-state index in [9.17, 15) is 9.90 Å². The van der Waals surface area contributed by atoms with Gasteiger partial charge in [-0.3, -0.25) is 0 Å². The van der Waals surface area contributed by atoms with E-state index in [4.69, 9.17) is 4.74 Å². The average molecular weight is 280 g/mol. The fourth-order valence-corrected chi connectivity index (χ4v) is 3.56. The Morgan fingerprint density at radius 2 is 1.75 bits per heavy atom. The summed E-state index contributed by atoms with van der Waals surface area (Å²) in [6.45, 7) is 2.19. The highest BCUT2D eigenvalue weighted by Crippen LogP contribution is 2.37. The van der Waals surface area contributed by atoms with Crippen LogP contribution in [0.2, 0.25) is 0 Å². The van der Waals surface area contributed by atoms with E-state index in [0.29, 0.717) is 30.9 Å². The van der Waals surface area contributed by atoms with E-state index < -0.39 is 5.60 Å². The van der Waals surface area contributed by atoms with Crippen molar-refractivity contribution in [3.05, 3.63) is 11.6 Å². The van der Waals surface area contributed by atoms with Gasteiger partial charge in [0, 0.05) is 0 Å². The van der Waals surface area contributed by atoms with Crippen LogP contribution in [0.5, 0.6) is 0 Å². The molecule has 1 N–H and O–H groups in total. The van der Waals surface area contributed by atoms with Gasteiger partial charge in [0.05, 0.1) is 17.8 Å². The predicted octanol–water partition coefficient (Wildman–Crippen LogP) is 3.75. The molecule has 20 heavy (non-hydrogen) atoms. The van der Waals surface area contributed by atoms with Crippen molar-refractivity contribution in [3.8, 4) is 0 Å². The van der Waals surface area contributed by atoms with Crippen molar-refractivity contribution in [1.29, 1.82) is 0 Å². The molecule has 0 saturated heterocycles. The summed E-state index contributed by atoms with van der Waals surface area (Å²) in [4.78, 5) is 12.3. The lowest BCUT2D eigenvalue weighted by atomic mass is 9.77. The minimum atomic E-state index is -0.943. The molecule has 0 atom stereocenters. The maximum Gasteiger partial charge on any atom is 0.336 e. The Bertz CT molecular complexity index is 347. The largest absolute Gasteiger partial charge is 0.463 e. The molecule has 0 radical (unpaired) electrons. The van der Waals surface area contributed by atoms with Gasteiger partial charge in [-0.1, -0.05) is 44.6 Å². The molecule has 0 unspecified atom stereocenters. The smallest absolute Gasteiger partial charge is 0.336 e. The fourth-order valence-electron chi connectivity index (χ4n) is 3.56. The Morgan fingerprint density at radius 1 is 1.15 bits per heavy atom. The lowest BCUT2D eigenvalue weighted by molar-refractivity contribution is -0.141. The average Bonchev–Trinajstić information content (AvgIpc) is 2.47. The van der Waals surface area contributed by atoms with E-state index in [1.807, 2.05) is 13.0 Å². The van der Waals surface area contributed by atoms with Crippen molar-refractivity contribution >= 4 is 5.97 Å². The van der Waals surface area contributed by atoms with Crippen LogP contribution in [0.3, 0.4) is 0 Å². The predicted molar refractivity (Wildman–Crippen MR) is 79.3 cm³/mol. The molecule has 2 saturated carbocycles. The van der Waals surface area contributed by atoms with Crippen LogP contribution >= 0.6 is 0 Å². The standard InChI is InChI=1S/C17H28O3/c1-2-20-16(18)15(13-14-9-5-3-6-10-14)17(19)11-7-4-8-12-17/h13-14,19H,2-12H2,1H3/b15-13+. The number of carbonyl (C=O) groups excluding carboxylic acids is 1. The number of carbonyl (C=O) groups is 1. The molecule has 0 aromatic carbocycles. The zero-order valence-corrected chi connectivity index (χ0v) is 12.7. The van der Waals surface area contributed by atoms with Crippen LogP contribution in [0.15, 0.2) is 11.6 Å². The molecular formula is C17H28O3. The Labute approximate surface area is 122 Å². The van der Waals surface area contributed by atoms with Crippen molar-refractivity contribution in [2.75, 3.05) is 6.61 Å². The maximum absolute atomic E-state index is 12.3. The van der Waals surface area contributed by atoms with Crippen LogP contribution in [0.25, 0.3) is 0 Å². The van der Waals surface area contributed by atoms with Crippen LogP contribution in [0, 0.1) is 5.92 Å². The number of hydrogen-bond acceptors (Lipinski definition) is 3. The van der Waals surface area contributed by atoms with Gasteiger partial charge < -0.3 is 9.84 Å². The maximum atomic E-state index is 12.3. The van der Waals surface area contributed by atoms with Crippen LogP contribution in [-0.2, 0) is 9.53 Å². The van der Waals surface area contributed by atoms with Gasteiger partial charge in [-0.2, -0.15) is 0 Å². The highest BCUT2D eigenvalue weighted by molar-refractivity contribution is 5.90. The van der Waals surface area contributed by atoms with E-state index >= 15 is 0 Å². The highest BCUT2D eigenvalue weighted by Gasteiger charge is 2.38. The molecule has 3 heteroatoms. The summed E-state index contributed by atoms with van der Waals surface area (Å²) in [6.07, 6.45) is 12.6. The molecule has 0 aliphatic heterocycles. The third kappa shape index (κ3) is 3.85. The van der Waals surface area contributed by atoms with Crippen molar-refractivity contribution in [2.45, 2.75) is 76.7 Å². The molecule has 0 aromatic rings. The third-order valence-corrected chi connectivity index (χ3v) is 4.73. The molecular weight excluding hydrogens is 252 g/mol. The first-order valence-electron chi connectivity index (χ1n) is 8.27. The second kappa shape index (κ2) is 7.26. The summed E-state index contributed by atoms with van der Waals surface area (Å²) in [5, 5.41) is 10.9. The lowest BCUT2D eigenvalue weighted by Gasteiger charge is -2.34. The quantitative estimate of drug-likeness (QED) is 0.630. The second-order valence-corrected chi connectivity index (χ2v) is 6.29. The van der Waals surface area contributed by atoms with E-state index in [1.54, 1.807) is 0 Å². The van der Waals surface area contributed by atoms with Gasteiger partial charge in [-0.15, -0.1) is 0 Å². The van der Waals surface area contributed by atoms with Gasteiger partial charge >= 0.3 is 5.97 Å². The molecule has 0 aromatic heterocycles. The van der Waals surface area contributed by atoms with E-state index in [-0.39, 0.29) is 5.97 Å². The van der Waals surface area contributed by atoms with E-state index in [1.165, 1.54) is 19.3 Å². The second-order valence-electron chi connectivity index (χ2n) is 6.29. The summed E-state index contributed by atoms with van der Waals surface area (Å²) in [5.41, 5.74) is -0.395. The first kappa shape index (κ1) is 15.6. The monoisotopic (exact) mass is 280 g/mol. The summed E-state index contributed by atoms with van der Waals surface area (Å²) in [6, 6.07) is 0. The minimum Gasteiger partial charge on any atom is -0.463 e. The van der Waals surface area contributed by atoms with Gasteiger partial charge in [0.25, 0.3) is 0 Å². The summed E-state index contributed by atoms with van der Waals surface area (Å²) >= 11 is 0. The number of hydrogen-bond donors (Lipinski definition) is 1. The van der Waals surface area contributed by atoms with E-state index in [2.05, 4.69) is 0 Å². The van der Waals surface area contributed by atoms with Gasteiger partial charge in [0.15, 0.2) is 0 Å². The summed E-state index contributed by atoms with van der Waals surface area (Å²) in [7, 11) is 0. The van der Waals surface area contributed by atoms with Gasteiger partial charge in [0.1, 0.15) is 0 Å². The van der Waals surface area contributed by atoms with Crippen molar-refractivity contribution in [1.82, 2.24) is 0 Å². The molecule has 0 heterocycles. The van der Waals surface area contributed by atoms with Crippen molar-refractivity contribution < 1.29 is 14.6 Å². The normalized spacial score (nSPS) is 24.4. The molecule has 0 bridgehead atoms. The van der Waals surface area contributed by atoms with Crippen LogP contribution in [-0.4, -0.2) is 23.3 Å². The topological polar surface area (TPSA) is 46.5 Å². The molecule has 0 amide bonds. The lowest BCUT2D eigenvalue weighted by Crippen LogP contribution is -2.38. The van der Waals surface area contributed by atoms with Gasteiger partial charge in [-0.25, -0.2) is 4.79 Å². The number of rotatable bonds is 4. The molecule has 3 nitrogen and oxygen atoms in total. The number of aliphatic hydroxyl groups is 1. The zero-order valence-electron chi connectivity index (χ0n) is 12.7. The number of ether oxygens (including phenoxy) is 1. The fraction of sp³-hybridized carbons (Fsp3) is 0.824. The van der Waals surface area contributed by atoms with Crippen LogP contribution in [0.4, 0.5) is 0 Å². The molecule has 2 fully saturated rings. The van der Waals surface area contributed by atoms with Crippen molar-refractivity contribution in [2.24, 2.45) is 5.92 Å². The summed E-state index contributed by atoms with van der Waals surface area (Å²) in [5.74, 6) is 0.136. The molecule has 2 aliphatic carbocycles. The Balaban J connectivity index is 2.18. The molecule has 0 spiro atoms. The van der Waals surface area contributed by atoms with Gasteiger partial charge in [0.2, 0.25) is 0 Å². The Morgan fingerprint density at radius 3 is 2.35 bits per heavy atom. The first-order chi connectivity index (χ1) is 9.65. The van der Waals surface area contributed by atoms with Crippen molar-refractivity contribution in [3.63, 3.8) is 0 Å². The molecule has 2 aliphatic rings. The third-order valence-electron chi connectivity index (χ3n) is 4.73.